The summed E-state index contributed by atoms with van der Waals surface area (Å²) in [4.78, 5) is 18.8. The van der Waals surface area contributed by atoms with Gasteiger partial charge in [0.1, 0.15) is 17.3 Å². The fourth-order valence-electron chi connectivity index (χ4n) is 3.07. The number of esters is 1. The van der Waals surface area contributed by atoms with Gasteiger partial charge in [0.25, 0.3) is 0 Å². The Bertz CT molecular complexity index is 964. The zero-order chi connectivity index (χ0) is 20.1. The fraction of sp³-hybridized carbons (Fsp3) is 0.286. The minimum absolute atomic E-state index is 0.0216. The molecule has 1 aliphatic rings. The van der Waals surface area contributed by atoms with E-state index in [1.54, 1.807) is 19.2 Å². The third-order valence-electron chi connectivity index (χ3n) is 4.61. The quantitative estimate of drug-likeness (QED) is 0.589. The van der Waals surface area contributed by atoms with Crippen molar-refractivity contribution >= 4 is 11.8 Å². The third-order valence-corrected chi connectivity index (χ3v) is 4.61. The first kappa shape index (κ1) is 18.9. The number of hydrogen-bond donors (Lipinski definition) is 0. The van der Waals surface area contributed by atoms with Crippen molar-refractivity contribution in [3.05, 3.63) is 60.0 Å². The topological polar surface area (TPSA) is 86.9 Å². The van der Waals surface area contributed by atoms with Gasteiger partial charge in [-0.1, -0.05) is 17.3 Å². The Morgan fingerprint density at radius 2 is 2.00 bits per heavy atom. The molecule has 1 aliphatic heterocycles. The van der Waals surface area contributed by atoms with E-state index in [4.69, 9.17) is 18.7 Å². The number of ether oxygens (including phenoxy) is 3. The lowest BCUT2D eigenvalue weighted by Crippen LogP contribution is -2.36. The van der Waals surface area contributed by atoms with E-state index in [-0.39, 0.29) is 6.61 Å². The van der Waals surface area contributed by atoms with E-state index in [9.17, 15) is 4.79 Å². The summed E-state index contributed by atoms with van der Waals surface area (Å²) in [5, 5.41) is 4.03. The number of para-hydroxylation sites is 1. The Labute approximate surface area is 168 Å². The predicted octanol–water partition coefficient (Wildman–Crippen LogP) is 2.94. The first-order chi connectivity index (χ1) is 14.2. The highest BCUT2D eigenvalue weighted by Crippen LogP contribution is 2.29. The lowest BCUT2D eigenvalue weighted by atomic mass is 10.1. The van der Waals surface area contributed by atoms with E-state index in [1.165, 1.54) is 6.20 Å². The van der Waals surface area contributed by atoms with Crippen LogP contribution in [0.3, 0.4) is 0 Å². The molecule has 8 heteroatoms. The number of carbonyl (C=O) groups is 1. The van der Waals surface area contributed by atoms with Crippen LogP contribution >= 0.6 is 0 Å². The van der Waals surface area contributed by atoms with Gasteiger partial charge in [-0.2, -0.15) is 0 Å². The monoisotopic (exact) mass is 395 g/mol. The average Bonchev–Trinajstić information content (AvgIpc) is 3.27. The van der Waals surface area contributed by atoms with E-state index in [1.807, 2.05) is 30.3 Å². The molecule has 8 nitrogen and oxygen atoms in total. The van der Waals surface area contributed by atoms with Crippen LogP contribution in [0.4, 0.5) is 5.82 Å². The number of benzene rings is 1. The smallest absolute Gasteiger partial charge is 0.340 e. The standard InChI is InChI=1S/C21H21N3O5/c1-26-19-5-3-2-4-17(19)18-12-16(29-23-18)14-28-21(25)15-6-7-20(22-13-15)24-8-10-27-11-9-24/h2-7,12-13H,8-11,14H2,1H3. The van der Waals surface area contributed by atoms with Crippen molar-refractivity contribution < 1.29 is 23.5 Å². The van der Waals surface area contributed by atoms with E-state index in [0.29, 0.717) is 36.0 Å². The molecule has 2 aromatic heterocycles. The Morgan fingerprint density at radius 1 is 1.17 bits per heavy atom. The number of methoxy groups -OCH3 is 1. The number of carbonyl (C=O) groups excluding carboxylic acids is 1. The molecule has 0 amide bonds. The summed E-state index contributed by atoms with van der Waals surface area (Å²) in [5.41, 5.74) is 1.80. The first-order valence-corrected chi connectivity index (χ1v) is 9.29. The van der Waals surface area contributed by atoms with Gasteiger partial charge in [0.05, 0.1) is 25.9 Å². The third kappa shape index (κ3) is 4.38. The van der Waals surface area contributed by atoms with Gasteiger partial charge in [-0.15, -0.1) is 0 Å². The van der Waals surface area contributed by atoms with Crippen LogP contribution in [-0.4, -0.2) is 49.5 Å². The fourth-order valence-corrected chi connectivity index (χ4v) is 3.07. The molecule has 3 heterocycles. The molecule has 0 aliphatic carbocycles. The lowest BCUT2D eigenvalue weighted by Gasteiger charge is -2.27. The molecular weight excluding hydrogens is 374 g/mol. The predicted molar refractivity (Wildman–Crippen MR) is 105 cm³/mol. The van der Waals surface area contributed by atoms with Crippen LogP contribution in [0, 0.1) is 0 Å². The summed E-state index contributed by atoms with van der Waals surface area (Å²) in [5.74, 6) is 1.48. The summed E-state index contributed by atoms with van der Waals surface area (Å²) in [6, 6.07) is 12.7. The maximum absolute atomic E-state index is 12.3. The molecule has 1 fully saturated rings. The van der Waals surface area contributed by atoms with Crippen LogP contribution < -0.4 is 9.64 Å². The minimum atomic E-state index is -0.471. The molecule has 0 N–H and O–H groups in total. The maximum Gasteiger partial charge on any atom is 0.340 e. The molecule has 150 valence electrons. The molecule has 29 heavy (non-hydrogen) atoms. The van der Waals surface area contributed by atoms with Gasteiger partial charge in [0, 0.05) is 30.9 Å². The first-order valence-electron chi connectivity index (χ1n) is 9.29. The lowest BCUT2D eigenvalue weighted by molar-refractivity contribution is 0.0437. The molecule has 0 atom stereocenters. The van der Waals surface area contributed by atoms with Gasteiger partial charge in [-0.25, -0.2) is 9.78 Å². The van der Waals surface area contributed by atoms with Crippen LogP contribution in [0.5, 0.6) is 5.75 Å². The number of pyridine rings is 1. The minimum Gasteiger partial charge on any atom is -0.496 e. The number of rotatable bonds is 6. The maximum atomic E-state index is 12.3. The second kappa shape index (κ2) is 8.74. The zero-order valence-corrected chi connectivity index (χ0v) is 16.0. The molecule has 0 bridgehead atoms. The number of aromatic nitrogens is 2. The SMILES string of the molecule is COc1ccccc1-c1cc(COC(=O)c2ccc(N3CCOCC3)nc2)on1. The molecule has 1 saturated heterocycles. The van der Waals surface area contributed by atoms with Crippen molar-refractivity contribution in [2.24, 2.45) is 0 Å². The summed E-state index contributed by atoms with van der Waals surface area (Å²) in [6.45, 7) is 2.92. The van der Waals surface area contributed by atoms with E-state index < -0.39 is 5.97 Å². The van der Waals surface area contributed by atoms with Crippen molar-refractivity contribution in [2.75, 3.05) is 38.3 Å². The van der Waals surface area contributed by atoms with Gasteiger partial charge >= 0.3 is 5.97 Å². The molecule has 0 unspecified atom stereocenters. The molecule has 3 aromatic rings. The highest BCUT2D eigenvalue weighted by atomic mass is 16.5. The largest absolute Gasteiger partial charge is 0.496 e. The summed E-state index contributed by atoms with van der Waals surface area (Å²) < 4.78 is 21.3. The van der Waals surface area contributed by atoms with Crippen molar-refractivity contribution in [3.8, 4) is 17.0 Å². The Kier molecular flexibility index (Phi) is 5.71. The van der Waals surface area contributed by atoms with Crippen LogP contribution in [0.15, 0.2) is 53.2 Å². The zero-order valence-electron chi connectivity index (χ0n) is 16.0. The van der Waals surface area contributed by atoms with Crippen LogP contribution in [-0.2, 0) is 16.1 Å². The van der Waals surface area contributed by atoms with Gasteiger partial charge < -0.3 is 23.6 Å². The van der Waals surface area contributed by atoms with E-state index >= 15 is 0 Å². The number of morpholine rings is 1. The normalized spacial score (nSPS) is 13.9. The number of anilines is 1. The Balaban J connectivity index is 1.37. The van der Waals surface area contributed by atoms with Crippen molar-refractivity contribution in [1.82, 2.24) is 10.1 Å². The van der Waals surface area contributed by atoms with Crippen molar-refractivity contribution in [1.29, 1.82) is 0 Å². The molecular formula is C21H21N3O5. The molecule has 0 saturated carbocycles. The Hall–Kier alpha value is -3.39. The highest BCUT2D eigenvalue weighted by Gasteiger charge is 2.16. The van der Waals surface area contributed by atoms with Crippen molar-refractivity contribution in [2.45, 2.75) is 6.61 Å². The van der Waals surface area contributed by atoms with Gasteiger partial charge in [-0.05, 0) is 24.3 Å². The second-order valence-electron chi connectivity index (χ2n) is 6.46. The van der Waals surface area contributed by atoms with Gasteiger partial charge in [0.15, 0.2) is 12.4 Å². The Morgan fingerprint density at radius 3 is 2.76 bits per heavy atom. The van der Waals surface area contributed by atoms with E-state index in [2.05, 4.69) is 15.0 Å². The summed E-state index contributed by atoms with van der Waals surface area (Å²) in [6.07, 6.45) is 1.52. The highest BCUT2D eigenvalue weighted by molar-refractivity contribution is 5.89. The molecule has 1 aromatic carbocycles. The second-order valence-corrected chi connectivity index (χ2v) is 6.46. The molecule has 4 rings (SSSR count). The molecule has 0 radical (unpaired) electrons. The van der Waals surface area contributed by atoms with E-state index in [0.717, 1.165) is 24.5 Å². The number of hydrogen-bond acceptors (Lipinski definition) is 8. The summed E-state index contributed by atoms with van der Waals surface area (Å²) in [7, 11) is 1.60. The number of nitrogens with zero attached hydrogens (tertiary/aromatic N) is 3. The van der Waals surface area contributed by atoms with Crippen LogP contribution in [0.2, 0.25) is 0 Å². The van der Waals surface area contributed by atoms with Crippen molar-refractivity contribution in [3.63, 3.8) is 0 Å². The average molecular weight is 395 g/mol. The molecule has 0 spiro atoms. The van der Waals surface area contributed by atoms with Gasteiger partial charge in [0.2, 0.25) is 0 Å². The van der Waals surface area contributed by atoms with Gasteiger partial charge in [-0.3, -0.25) is 0 Å². The van der Waals surface area contributed by atoms with Crippen LogP contribution in [0.1, 0.15) is 16.1 Å². The van der Waals surface area contributed by atoms with Crippen LogP contribution in [0.25, 0.3) is 11.3 Å². The summed E-state index contributed by atoms with van der Waals surface area (Å²) >= 11 is 0.